The van der Waals surface area contributed by atoms with E-state index in [1.165, 1.54) is 12.8 Å². The molecule has 1 aromatic rings. The number of hydrogen-bond acceptors (Lipinski definition) is 2. The molecule has 0 bridgehead atoms. The molecule has 1 fully saturated rings. The van der Waals surface area contributed by atoms with Crippen molar-refractivity contribution in [3.8, 4) is 0 Å². The number of halogens is 2. The maximum Gasteiger partial charge on any atom is 0.133 e. The summed E-state index contributed by atoms with van der Waals surface area (Å²) in [7, 11) is 0. The van der Waals surface area contributed by atoms with Crippen LogP contribution in [0.2, 0.25) is 0 Å². The molecule has 17 heavy (non-hydrogen) atoms. The lowest BCUT2D eigenvalue weighted by Gasteiger charge is -2.30. The second-order valence-electron chi connectivity index (χ2n) is 4.92. The second kappa shape index (κ2) is 5.57. The number of aromatic nitrogens is 1. The molecule has 0 spiro atoms. The van der Waals surface area contributed by atoms with Gasteiger partial charge in [0.05, 0.1) is 5.88 Å². The van der Waals surface area contributed by atoms with Gasteiger partial charge in [0.15, 0.2) is 0 Å². The molecular weight excluding hydrogens is 300 g/mol. The Kier molecular flexibility index (Phi) is 4.31. The minimum atomic E-state index is 0.517. The molecule has 1 aromatic heterocycles. The Morgan fingerprint density at radius 3 is 3.00 bits per heavy atom. The summed E-state index contributed by atoms with van der Waals surface area (Å²) in [6.45, 7) is 5.66. The zero-order chi connectivity index (χ0) is 12.4. The number of pyridine rings is 1. The lowest BCUT2D eigenvalue weighted by Crippen LogP contribution is -2.34. The summed E-state index contributed by atoms with van der Waals surface area (Å²) >= 11 is 9.47. The molecule has 1 aliphatic rings. The first kappa shape index (κ1) is 13.2. The number of hydrogen-bond donors (Lipinski definition) is 0. The van der Waals surface area contributed by atoms with Crippen LogP contribution in [-0.2, 0) is 5.88 Å². The van der Waals surface area contributed by atoms with Crippen molar-refractivity contribution in [2.75, 3.05) is 11.4 Å². The van der Waals surface area contributed by atoms with Crippen LogP contribution in [0.3, 0.4) is 0 Å². The summed E-state index contributed by atoms with van der Waals surface area (Å²) in [5, 5.41) is 0. The van der Waals surface area contributed by atoms with Crippen LogP contribution < -0.4 is 4.90 Å². The Labute approximate surface area is 116 Å². The van der Waals surface area contributed by atoms with Crippen LogP contribution in [0.1, 0.15) is 32.3 Å². The third-order valence-corrected chi connectivity index (χ3v) is 4.12. The van der Waals surface area contributed by atoms with Gasteiger partial charge in [-0.3, -0.25) is 0 Å². The van der Waals surface area contributed by atoms with Gasteiger partial charge in [0.25, 0.3) is 0 Å². The second-order valence-corrected chi connectivity index (χ2v) is 6.10. The van der Waals surface area contributed by atoms with Crippen LogP contribution in [0.25, 0.3) is 0 Å². The Morgan fingerprint density at radius 2 is 2.35 bits per heavy atom. The Balaban J connectivity index is 2.32. The molecule has 1 saturated heterocycles. The Bertz CT molecular complexity index is 395. The van der Waals surface area contributed by atoms with Gasteiger partial charge in [0.2, 0.25) is 0 Å². The molecule has 0 radical (unpaired) electrons. The monoisotopic (exact) mass is 316 g/mol. The molecule has 4 heteroatoms. The van der Waals surface area contributed by atoms with E-state index in [9.17, 15) is 0 Å². The van der Waals surface area contributed by atoms with Crippen LogP contribution >= 0.6 is 27.5 Å². The van der Waals surface area contributed by atoms with Crippen molar-refractivity contribution in [3.05, 3.63) is 22.3 Å². The number of alkyl halides is 1. The van der Waals surface area contributed by atoms with Crippen molar-refractivity contribution in [2.45, 2.75) is 38.6 Å². The highest BCUT2D eigenvalue weighted by atomic mass is 79.9. The lowest BCUT2D eigenvalue weighted by atomic mass is 10.0. The number of nitrogens with zero attached hydrogens (tertiary/aromatic N) is 2. The molecule has 0 saturated carbocycles. The van der Waals surface area contributed by atoms with Gasteiger partial charge in [-0.25, -0.2) is 4.98 Å². The van der Waals surface area contributed by atoms with Gasteiger partial charge >= 0.3 is 0 Å². The van der Waals surface area contributed by atoms with Crippen molar-refractivity contribution in [1.29, 1.82) is 0 Å². The van der Waals surface area contributed by atoms with E-state index < -0.39 is 0 Å². The van der Waals surface area contributed by atoms with Crippen LogP contribution in [0.4, 0.5) is 5.82 Å². The number of rotatable bonds is 3. The highest BCUT2D eigenvalue weighted by Crippen LogP contribution is 2.32. The summed E-state index contributed by atoms with van der Waals surface area (Å²) in [5.74, 6) is 2.24. The summed E-state index contributed by atoms with van der Waals surface area (Å²) in [5.41, 5.74) is 1.12. The highest BCUT2D eigenvalue weighted by Gasteiger charge is 2.29. The Hall–Kier alpha value is -0.280. The Morgan fingerprint density at radius 1 is 1.59 bits per heavy atom. The topological polar surface area (TPSA) is 16.1 Å². The van der Waals surface area contributed by atoms with Crippen LogP contribution in [0.15, 0.2) is 16.7 Å². The zero-order valence-electron chi connectivity index (χ0n) is 10.3. The van der Waals surface area contributed by atoms with Gasteiger partial charge < -0.3 is 4.90 Å². The van der Waals surface area contributed by atoms with Gasteiger partial charge in [-0.05, 0) is 40.8 Å². The van der Waals surface area contributed by atoms with Crippen LogP contribution in [0, 0.1) is 5.92 Å². The van der Waals surface area contributed by atoms with E-state index >= 15 is 0 Å². The smallest absolute Gasteiger partial charge is 0.133 e. The van der Waals surface area contributed by atoms with Crippen LogP contribution in [-0.4, -0.2) is 17.6 Å². The molecule has 2 rings (SSSR count). The van der Waals surface area contributed by atoms with Gasteiger partial charge in [0.1, 0.15) is 5.82 Å². The predicted molar refractivity (Wildman–Crippen MR) is 76.7 cm³/mol. The molecule has 0 aromatic carbocycles. The van der Waals surface area contributed by atoms with E-state index in [0.717, 1.165) is 22.4 Å². The SMILES string of the molecule is CC(C)C1CCCN1c1ncc(Br)cc1CCl. The summed E-state index contributed by atoms with van der Waals surface area (Å²) in [6, 6.07) is 2.68. The average molecular weight is 318 g/mol. The molecular formula is C13H18BrClN2. The van der Waals surface area contributed by atoms with Crippen molar-refractivity contribution < 1.29 is 0 Å². The zero-order valence-corrected chi connectivity index (χ0v) is 12.6. The fourth-order valence-corrected chi connectivity index (χ4v) is 3.15. The van der Waals surface area contributed by atoms with E-state index in [0.29, 0.717) is 17.8 Å². The summed E-state index contributed by atoms with van der Waals surface area (Å²) in [6.07, 6.45) is 4.38. The normalized spacial score (nSPS) is 20.3. The van der Waals surface area contributed by atoms with Crippen molar-refractivity contribution in [1.82, 2.24) is 4.98 Å². The minimum absolute atomic E-state index is 0.517. The lowest BCUT2D eigenvalue weighted by molar-refractivity contribution is 0.489. The first-order valence-electron chi connectivity index (χ1n) is 6.10. The standard InChI is InChI=1S/C13H18BrClN2/c1-9(2)12-4-3-5-17(12)13-10(7-15)6-11(14)8-16-13/h6,8-9,12H,3-5,7H2,1-2H3. The van der Waals surface area contributed by atoms with E-state index in [1.807, 2.05) is 6.20 Å². The third-order valence-electron chi connectivity index (χ3n) is 3.39. The van der Waals surface area contributed by atoms with E-state index in [2.05, 4.69) is 45.7 Å². The van der Waals surface area contributed by atoms with E-state index in [1.54, 1.807) is 0 Å². The molecule has 1 aliphatic heterocycles. The van der Waals surface area contributed by atoms with Crippen LogP contribution in [0.5, 0.6) is 0 Å². The fourth-order valence-electron chi connectivity index (χ4n) is 2.58. The molecule has 1 atom stereocenters. The summed E-state index contributed by atoms with van der Waals surface area (Å²) < 4.78 is 0.997. The maximum atomic E-state index is 6.02. The van der Waals surface area contributed by atoms with Crippen molar-refractivity contribution >= 4 is 33.3 Å². The minimum Gasteiger partial charge on any atom is -0.353 e. The largest absolute Gasteiger partial charge is 0.353 e. The van der Waals surface area contributed by atoms with Gasteiger partial charge in [-0.2, -0.15) is 0 Å². The fraction of sp³-hybridized carbons (Fsp3) is 0.615. The molecule has 94 valence electrons. The molecule has 2 heterocycles. The van der Waals surface area contributed by atoms with Gasteiger partial charge in [0, 0.05) is 28.8 Å². The number of anilines is 1. The van der Waals surface area contributed by atoms with E-state index in [-0.39, 0.29) is 0 Å². The van der Waals surface area contributed by atoms with Gasteiger partial charge in [-0.1, -0.05) is 13.8 Å². The highest BCUT2D eigenvalue weighted by molar-refractivity contribution is 9.10. The average Bonchev–Trinajstić information content (AvgIpc) is 2.77. The molecule has 2 nitrogen and oxygen atoms in total. The summed E-state index contributed by atoms with van der Waals surface area (Å²) in [4.78, 5) is 6.98. The molecule has 0 aliphatic carbocycles. The van der Waals surface area contributed by atoms with Gasteiger partial charge in [-0.15, -0.1) is 11.6 Å². The molecule has 0 amide bonds. The maximum absolute atomic E-state index is 6.02. The first-order valence-corrected chi connectivity index (χ1v) is 7.43. The first-order chi connectivity index (χ1) is 8.13. The predicted octanol–water partition coefficient (Wildman–Crippen LogP) is 4.21. The third kappa shape index (κ3) is 2.76. The van der Waals surface area contributed by atoms with Crippen molar-refractivity contribution in [2.24, 2.45) is 5.92 Å². The molecule has 0 N–H and O–H groups in total. The van der Waals surface area contributed by atoms with E-state index in [4.69, 9.17) is 11.6 Å². The molecule has 1 unspecified atom stereocenters. The van der Waals surface area contributed by atoms with Crippen molar-refractivity contribution in [3.63, 3.8) is 0 Å². The quantitative estimate of drug-likeness (QED) is 0.776.